The van der Waals surface area contributed by atoms with Crippen LogP contribution in [-0.2, 0) is 13.1 Å². The summed E-state index contributed by atoms with van der Waals surface area (Å²) < 4.78 is 0. The molecular weight excluding hydrogens is 280 g/mol. The molecule has 2 aromatic rings. The number of rotatable bonds is 4. The Kier molecular flexibility index (Phi) is 5.47. The van der Waals surface area contributed by atoms with Crippen molar-refractivity contribution in [2.75, 3.05) is 26.2 Å². The van der Waals surface area contributed by atoms with Crippen LogP contribution < -0.4 is 0 Å². The number of nitrogens with zero attached hydrogens (tertiary/aromatic N) is 2. The topological polar surface area (TPSA) is 6.48 Å². The van der Waals surface area contributed by atoms with Gasteiger partial charge >= 0.3 is 0 Å². The summed E-state index contributed by atoms with van der Waals surface area (Å²) in [5, 5.41) is 0. The van der Waals surface area contributed by atoms with E-state index < -0.39 is 0 Å². The lowest BCUT2D eigenvalue weighted by molar-refractivity contribution is 0.246. The van der Waals surface area contributed by atoms with Crippen molar-refractivity contribution < 1.29 is 0 Å². The van der Waals surface area contributed by atoms with Crippen LogP contribution in [-0.4, -0.2) is 36.0 Å². The van der Waals surface area contributed by atoms with Crippen molar-refractivity contribution in [1.82, 2.24) is 9.80 Å². The molecule has 2 nitrogen and oxygen atoms in total. The summed E-state index contributed by atoms with van der Waals surface area (Å²) in [6, 6.07) is 17.6. The van der Waals surface area contributed by atoms with E-state index in [1.165, 1.54) is 54.9 Å². The lowest BCUT2D eigenvalue weighted by Gasteiger charge is -2.23. The fourth-order valence-corrected chi connectivity index (χ4v) is 3.40. The molecule has 122 valence electrons. The number of hydrogen-bond donors (Lipinski definition) is 0. The summed E-state index contributed by atoms with van der Waals surface area (Å²) in [6.45, 7) is 11.4. The molecule has 0 aliphatic carbocycles. The maximum atomic E-state index is 2.61. The maximum absolute atomic E-state index is 2.61. The molecule has 0 radical (unpaired) electrons. The summed E-state index contributed by atoms with van der Waals surface area (Å²) in [5.41, 5.74) is 5.77. The first-order valence-electron chi connectivity index (χ1n) is 8.76. The SMILES string of the molecule is Cc1ccccc1CN1CCCN(Cc2ccccc2C)CC1. The largest absolute Gasteiger partial charge is 0.298 e. The highest BCUT2D eigenvalue weighted by molar-refractivity contribution is 5.26. The fourth-order valence-electron chi connectivity index (χ4n) is 3.40. The third kappa shape index (κ3) is 4.43. The van der Waals surface area contributed by atoms with Gasteiger partial charge in [-0.2, -0.15) is 0 Å². The summed E-state index contributed by atoms with van der Waals surface area (Å²) in [4.78, 5) is 5.22. The summed E-state index contributed by atoms with van der Waals surface area (Å²) in [7, 11) is 0. The van der Waals surface area contributed by atoms with E-state index >= 15 is 0 Å². The van der Waals surface area contributed by atoms with Gasteiger partial charge in [-0.1, -0.05) is 48.5 Å². The van der Waals surface area contributed by atoms with Crippen LogP contribution in [0.15, 0.2) is 48.5 Å². The van der Waals surface area contributed by atoms with Crippen LogP contribution in [0.4, 0.5) is 0 Å². The predicted octanol–water partition coefficient (Wildman–Crippen LogP) is 4.01. The standard InChI is InChI=1S/C21H28N2/c1-18-8-3-5-10-20(18)16-22-12-7-13-23(15-14-22)17-21-11-6-4-9-19(21)2/h3-6,8-11H,7,12-17H2,1-2H3. The Balaban J connectivity index is 1.57. The number of hydrogen-bond acceptors (Lipinski definition) is 2. The van der Waals surface area contributed by atoms with E-state index in [0.29, 0.717) is 0 Å². The van der Waals surface area contributed by atoms with Gasteiger partial charge in [0.1, 0.15) is 0 Å². The fraction of sp³-hybridized carbons (Fsp3) is 0.429. The zero-order valence-electron chi connectivity index (χ0n) is 14.5. The summed E-state index contributed by atoms with van der Waals surface area (Å²) in [5.74, 6) is 0. The molecule has 1 fully saturated rings. The molecule has 0 atom stereocenters. The molecule has 0 bridgehead atoms. The number of aryl methyl sites for hydroxylation is 2. The Labute approximate surface area is 140 Å². The third-order valence-corrected chi connectivity index (χ3v) is 4.99. The molecular formula is C21H28N2. The highest BCUT2D eigenvalue weighted by atomic mass is 15.2. The molecule has 1 aliphatic rings. The van der Waals surface area contributed by atoms with E-state index in [0.717, 1.165) is 13.1 Å². The van der Waals surface area contributed by atoms with Gasteiger partial charge in [0.15, 0.2) is 0 Å². The molecule has 1 saturated heterocycles. The molecule has 3 rings (SSSR count). The predicted molar refractivity (Wildman–Crippen MR) is 97.5 cm³/mol. The quantitative estimate of drug-likeness (QED) is 0.842. The Bertz CT molecular complexity index is 580. The van der Waals surface area contributed by atoms with Gasteiger partial charge in [-0.15, -0.1) is 0 Å². The lowest BCUT2D eigenvalue weighted by Crippen LogP contribution is -2.30. The van der Waals surface area contributed by atoms with Crippen LogP contribution in [0.3, 0.4) is 0 Å². The zero-order chi connectivity index (χ0) is 16.1. The van der Waals surface area contributed by atoms with Gasteiger partial charge in [-0.3, -0.25) is 9.80 Å². The average molecular weight is 308 g/mol. The van der Waals surface area contributed by atoms with E-state index in [-0.39, 0.29) is 0 Å². The second-order valence-corrected chi connectivity index (χ2v) is 6.76. The van der Waals surface area contributed by atoms with Gasteiger partial charge < -0.3 is 0 Å². The molecule has 2 aromatic carbocycles. The van der Waals surface area contributed by atoms with Crippen LogP contribution in [0, 0.1) is 13.8 Å². The molecule has 2 heteroatoms. The van der Waals surface area contributed by atoms with E-state index in [9.17, 15) is 0 Å². The molecule has 23 heavy (non-hydrogen) atoms. The Morgan fingerprint density at radius 3 is 1.52 bits per heavy atom. The number of benzene rings is 2. The lowest BCUT2D eigenvalue weighted by atomic mass is 10.1. The smallest absolute Gasteiger partial charge is 0.0236 e. The second kappa shape index (κ2) is 7.76. The van der Waals surface area contributed by atoms with Crippen LogP contribution in [0.2, 0.25) is 0 Å². The van der Waals surface area contributed by atoms with Crippen molar-refractivity contribution in [2.45, 2.75) is 33.4 Å². The maximum Gasteiger partial charge on any atom is 0.0236 e. The van der Waals surface area contributed by atoms with Crippen molar-refractivity contribution in [3.8, 4) is 0 Å². The van der Waals surface area contributed by atoms with E-state index in [1.807, 2.05) is 0 Å². The van der Waals surface area contributed by atoms with Gasteiger partial charge in [0, 0.05) is 26.2 Å². The van der Waals surface area contributed by atoms with Gasteiger partial charge in [0.2, 0.25) is 0 Å². The highest BCUT2D eigenvalue weighted by Gasteiger charge is 2.16. The van der Waals surface area contributed by atoms with Gasteiger partial charge in [-0.25, -0.2) is 0 Å². The van der Waals surface area contributed by atoms with Crippen LogP contribution >= 0.6 is 0 Å². The Hall–Kier alpha value is -1.64. The van der Waals surface area contributed by atoms with Crippen LogP contribution in [0.1, 0.15) is 28.7 Å². The first kappa shape index (κ1) is 16.2. The van der Waals surface area contributed by atoms with Crippen LogP contribution in [0.25, 0.3) is 0 Å². The average Bonchev–Trinajstić information content (AvgIpc) is 2.77. The van der Waals surface area contributed by atoms with Crippen molar-refractivity contribution in [1.29, 1.82) is 0 Å². The normalized spacial score (nSPS) is 17.1. The molecule has 0 aromatic heterocycles. The minimum atomic E-state index is 1.09. The molecule has 0 spiro atoms. The minimum Gasteiger partial charge on any atom is -0.298 e. The van der Waals surface area contributed by atoms with Gasteiger partial charge in [0.25, 0.3) is 0 Å². The molecule has 0 amide bonds. The minimum absolute atomic E-state index is 1.09. The molecule has 0 saturated carbocycles. The monoisotopic (exact) mass is 308 g/mol. The summed E-state index contributed by atoms with van der Waals surface area (Å²) >= 11 is 0. The first-order valence-corrected chi connectivity index (χ1v) is 8.76. The van der Waals surface area contributed by atoms with Gasteiger partial charge in [0.05, 0.1) is 0 Å². The van der Waals surface area contributed by atoms with E-state index in [1.54, 1.807) is 0 Å². The van der Waals surface area contributed by atoms with E-state index in [4.69, 9.17) is 0 Å². The van der Waals surface area contributed by atoms with E-state index in [2.05, 4.69) is 72.2 Å². The van der Waals surface area contributed by atoms with Crippen molar-refractivity contribution in [2.24, 2.45) is 0 Å². The first-order chi connectivity index (χ1) is 11.2. The summed E-state index contributed by atoms with van der Waals surface area (Å²) in [6.07, 6.45) is 1.26. The molecule has 0 N–H and O–H groups in total. The highest BCUT2D eigenvalue weighted by Crippen LogP contribution is 2.15. The molecule has 1 heterocycles. The van der Waals surface area contributed by atoms with Gasteiger partial charge in [-0.05, 0) is 55.6 Å². The molecule has 0 unspecified atom stereocenters. The van der Waals surface area contributed by atoms with Crippen LogP contribution in [0.5, 0.6) is 0 Å². The zero-order valence-corrected chi connectivity index (χ0v) is 14.5. The van der Waals surface area contributed by atoms with Crippen molar-refractivity contribution in [3.05, 3.63) is 70.8 Å². The second-order valence-electron chi connectivity index (χ2n) is 6.76. The van der Waals surface area contributed by atoms with Crippen molar-refractivity contribution in [3.63, 3.8) is 0 Å². The third-order valence-electron chi connectivity index (χ3n) is 4.99. The Morgan fingerprint density at radius 1 is 0.652 bits per heavy atom. The van der Waals surface area contributed by atoms with Crippen molar-refractivity contribution >= 4 is 0 Å². The molecule has 1 aliphatic heterocycles. The Morgan fingerprint density at radius 2 is 1.09 bits per heavy atom.